The van der Waals surface area contributed by atoms with E-state index >= 15 is 0 Å². The van der Waals surface area contributed by atoms with Crippen molar-refractivity contribution >= 4 is 0 Å². The summed E-state index contributed by atoms with van der Waals surface area (Å²) in [7, 11) is 1.72. The normalized spacial score (nSPS) is 12.4. The van der Waals surface area contributed by atoms with E-state index in [-0.39, 0.29) is 5.41 Å². The zero-order valence-corrected chi connectivity index (χ0v) is 11.6. The lowest BCUT2D eigenvalue weighted by molar-refractivity contribution is 0.0488. The standard InChI is InChI=1S/C13H29NO2/c1-12(2)9-14-10-13(3,4)11-16-8-6-7-15-5/h12,14H,6-11H2,1-5H3. The summed E-state index contributed by atoms with van der Waals surface area (Å²) in [5, 5.41) is 3.47. The lowest BCUT2D eigenvalue weighted by Gasteiger charge is -2.25. The molecule has 0 radical (unpaired) electrons. The summed E-state index contributed by atoms with van der Waals surface area (Å²) in [5.41, 5.74) is 0.210. The van der Waals surface area contributed by atoms with Gasteiger partial charge in [-0.05, 0) is 18.9 Å². The van der Waals surface area contributed by atoms with Crippen LogP contribution in [0.3, 0.4) is 0 Å². The van der Waals surface area contributed by atoms with Crippen molar-refractivity contribution in [3.05, 3.63) is 0 Å². The first-order chi connectivity index (χ1) is 7.48. The van der Waals surface area contributed by atoms with E-state index in [1.807, 2.05) is 0 Å². The highest BCUT2D eigenvalue weighted by molar-refractivity contribution is 4.71. The van der Waals surface area contributed by atoms with E-state index in [9.17, 15) is 0 Å². The Kier molecular flexibility index (Phi) is 8.90. The molecule has 0 saturated heterocycles. The van der Waals surface area contributed by atoms with E-state index in [2.05, 4.69) is 33.0 Å². The predicted octanol–water partition coefficient (Wildman–Crippen LogP) is 2.31. The Labute approximate surface area is 101 Å². The molecule has 0 heterocycles. The van der Waals surface area contributed by atoms with Crippen molar-refractivity contribution in [1.82, 2.24) is 5.32 Å². The summed E-state index contributed by atoms with van der Waals surface area (Å²) in [4.78, 5) is 0. The first-order valence-corrected chi connectivity index (χ1v) is 6.25. The average molecular weight is 231 g/mol. The fraction of sp³-hybridized carbons (Fsp3) is 1.00. The number of ether oxygens (including phenoxy) is 2. The summed E-state index contributed by atoms with van der Waals surface area (Å²) in [6.07, 6.45) is 0.978. The molecule has 0 aliphatic heterocycles. The lowest BCUT2D eigenvalue weighted by atomic mass is 9.94. The Morgan fingerprint density at radius 3 is 2.44 bits per heavy atom. The molecule has 0 aromatic heterocycles. The molecule has 0 spiro atoms. The van der Waals surface area contributed by atoms with E-state index in [1.165, 1.54) is 0 Å². The van der Waals surface area contributed by atoms with Gasteiger partial charge in [-0.3, -0.25) is 0 Å². The molecule has 0 fully saturated rings. The second kappa shape index (κ2) is 8.97. The number of hydrogen-bond acceptors (Lipinski definition) is 3. The third-order valence-corrected chi connectivity index (χ3v) is 2.29. The molecule has 0 saturated carbocycles. The number of hydrogen-bond donors (Lipinski definition) is 1. The highest BCUT2D eigenvalue weighted by atomic mass is 16.5. The molecule has 16 heavy (non-hydrogen) atoms. The zero-order chi connectivity index (χ0) is 12.4. The number of methoxy groups -OCH3 is 1. The third kappa shape index (κ3) is 10.4. The molecular weight excluding hydrogens is 202 g/mol. The van der Waals surface area contributed by atoms with Crippen molar-refractivity contribution in [2.45, 2.75) is 34.1 Å². The van der Waals surface area contributed by atoms with Crippen molar-refractivity contribution in [2.75, 3.05) is 40.0 Å². The van der Waals surface area contributed by atoms with Crippen LogP contribution in [0.15, 0.2) is 0 Å². The first-order valence-electron chi connectivity index (χ1n) is 6.25. The van der Waals surface area contributed by atoms with Gasteiger partial charge in [-0.15, -0.1) is 0 Å². The zero-order valence-electron chi connectivity index (χ0n) is 11.6. The van der Waals surface area contributed by atoms with Crippen LogP contribution in [-0.2, 0) is 9.47 Å². The van der Waals surface area contributed by atoms with Gasteiger partial charge in [-0.1, -0.05) is 27.7 Å². The van der Waals surface area contributed by atoms with Crippen LogP contribution in [0.25, 0.3) is 0 Å². The van der Waals surface area contributed by atoms with Crippen LogP contribution in [0.1, 0.15) is 34.1 Å². The van der Waals surface area contributed by atoms with Gasteiger partial charge >= 0.3 is 0 Å². The highest BCUT2D eigenvalue weighted by Crippen LogP contribution is 2.14. The molecule has 0 bridgehead atoms. The first kappa shape index (κ1) is 15.9. The molecule has 1 N–H and O–H groups in total. The molecule has 0 aromatic rings. The van der Waals surface area contributed by atoms with Gasteiger partial charge in [0, 0.05) is 32.3 Å². The van der Waals surface area contributed by atoms with Crippen molar-refractivity contribution < 1.29 is 9.47 Å². The van der Waals surface area contributed by atoms with Gasteiger partial charge < -0.3 is 14.8 Å². The van der Waals surface area contributed by atoms with Crippen LogP contribution in [0.4, 0.5) is 0 Å². The summed E-state index contributed by atoms with van der Waals surface area (Å²) < 4.78 is 10.6. The lowest BCUT2D eigenvalue weighted by Crippen LogP contribution is -2.35. The van der Waals surface area contributed by atoms with Crippen LogP contribution in [-0.4, -0.2) is 40.0 Å². The van der Waals surface area contributed by atoms with Crippen LogP contribution in [0, 0.1) is 11.3 Å². The minimum Gasteiger partial charge on any atom is -0.385 e. The Morgan fingerprint density at radius 1 is 1.19 bits per heavy atom. The molecule has 0 unspecified atom stereocenters. The molecule has 0 atom stereocenters. The smallest absolute Gasteiger partial charge is 0.0529 e. The van der Waals surface area contributed by atoms with Crippen LogP contribution >= 0.6 is 0 Å². The molecule has 0 aliphatic rings. The minimum atomic E-state index is 0.210. The highest BCUT2D eigenvalue weighted by Gasteiger charge is 2.17. The predicted molar refractivity (Wildman–Crippen MR) is 68.8 cm³/mol. The van der Waals surface area contributed by atoms with Gasteiger partial charge in [0.25, 0.3) is 0 Å². The molecule has 3 heteroatoms. The maximum absolute atomic E-state index is 5.64. The maximum Gasteiger partial charge on any atom is 0.0529 e. The quantitative estimate of drug-likeness (QED) is 0.585. The molecule has 0 rings (SSSR count). The Morgan fingerprint density at radius 2 is 1.88 bits per heavy atom. The maximum atomic E-state index is 5.64. The monoisotopic (exact) mass is 231 g/mol. The molecule has 98 valence electrons. The van der Waals surface area contributed by atoms with Gasteiger partial charge in [-0.2, -0.15) is 0 Å². The van der Waals surface area contributed by atoms with Gasteiger partial charge in [-0.25, -0.2) is 0 Å². The molecule has 0 aromatic carbocycles. The summed E-state index contributed by atoms with van der Waals surface area (Å²) >= 11 is 0. The van der Waals surface area contributed by atoms with Crippen molar-refractivity contribution in [3.63, 3.8) is 0 Å². The van der Waals surface area contributed by atoms with E-state index in [4.69, 9.17) is 9.47 Å². The van der Waals surface area contributed by atoms with Gasteiger partial charge in [0.05, 0.1) is 6.61 Å². The largest absolute Gasteiger partial charge is 0.385 e. The molecule has 3 nitrogen and oxygen atoms in total. The topological polar surface area (TPSA) is 30.5 Å². The number of nitrogens with one attached hydrogen (secondary N) is 1. The summed E-state index contributed by atoms with van der Waals surface area (Å²) in [6.45, 7) is 13.4. The van der Waals surface area contributed by atoms with Crippen LogP contribution in [0.5, 0.6) is 0 Å². The van der Waals surface area contributed by atoms with Gasteiger partial charge in [0.1, 0.15) is 0 Å². The Hall–Kier alpha value is -0.120. The fourth-order valence-corrected chi connectivity index (χ4v) is 1.40. The Balaban J connectivity index is 3.46. The fourth-order valence-electron chi connectivity index (χ4n) is 1.40. The number of rotatable bonds is 10. The Bertz CT molecular complexity index is 158. The third-order valence-electron chi connectivity index (χ3n) is 2.29. The van der Waals surface area contributed by atoms with Crippen molar-refractivity contribution in [3.8, 4) is 0 Å². The molecule has 0 amide bonds. The SMILES string of the molecule is COCCCOCC(C)(C)CNCC(C)C. The van der Waals surface area contributed by atoms with E-state index in [0.29, 0.717) is 5.92 Å². The van der Waals surface area contributed by atoms with E-state index in [1.54, 1.807) is 7.11 Å². The van der Waals surface area contributed by atoms with Gasteiger partial charge in [0.15, 0.2) is 0 Å². The van der Waals surface area contributed by atoms with Crippen LogP contribution < -0.4 is 5.32 Å². The second-order valence-corrected chi connectivity index (χ2v) is 5.59. The van der Waals surface area contributed by atoms with Crippen LogP contribution in [0.2, 0.25) is 0 Å². The van der Waals surface area contributed by atoms with Gasteiger partial charge in [0.2, 0.25) is 0 Å². The summed E-state index contributed by atoms with van der Waals surface area (Å²) in [6, 6.07) is 0. The molecule has 0 aliphatic carbocycles. The molecular formula is C13H29NO2. The van der Waals surface area contributed by atoms with E-state index in [0.717, 1.165) is 39.3 Å². The van der Waals surface area contributed by atoms with Crippen molar-refractivity contribution in [2.24, 2.45) is 11.3 Å². The van der Waals surface area contributed by atoms with E-state index < -0.39 is 0 Å². The minimum absolute atomic E-state index is 0.210. The summed E-state index contributed by atoms with van der Waals surface area (Å²) in [5.74, 6) is 0.707. The van der Waals surface area contributed by atoms with Crippen molar-refractivity contribution in [1.29, 1.82) is 0 Å². The average Bonchev–Trinajstić information content (AvgIpc) is 2.16. The second-order valence-electron chi connectivity index (χ2n) is 5.59.